The molecule has 170 valence electrons. The summed E-state index contributed by atoms with van der Waals surface area (Å²) in [5.41, 5.74) is 4.33. The van der Waals surface area contributed by atoms with Crippen molar-refractivity contribution in [2.24, 2.45) is 21.6 Å². The molecule has 2 fully saturated rings. The lowest BCUT2D eigenvalue weighted by atomic mass is 9.54. The summed E-state index contributed by atoms with van der Waals surface area (Å²) < 4.78 is 32.1. The first-order chi connectivity index (χ1) is 15.3. The SMILES string of the molecule is CCCC1NC1C(=O)C1=CCC2C3CCc4cc5c(cc4C3CCC12C)C=NS(=O)(=O)O5. The van der Waals surface area contributed by atoms with Crippen molar-refractivity contribution in [3.8, 4) is 5.75 Å². The van der Waals surface area contributed by atoms with E-state index in [1.165, 1.54) is 17.3 Å². The number of ketones is 1. The number of nitrogens with zero attached hydrogens (tertiary/aromatic N) is 1. The van der Waals surface area contributed by atoms with Gasteiger partial charge in [-0.3, -0.25) is 4.79 Å². The summed E-state index contributed by atoms with van der Waals surface area (Å²) in [6.07, 6.45) is 10.9. The number of Topliss-reactive ketones (excluding diaryl/α,β-unsaturated/α-hetero) is 1. The number of nitrogens with one attached hydrogen (secondary N) is 1. The highest BCUT2D eigenvalue weighted by Crippen LogP contribution is 2.61. The van der Waals surface area contributed by atoms with Gasteiger partial charge in [0.1, 0.15) is 0 Å². The highest BCUT2D eigenvalue weighted by atomic mass is 32.2. The maximum absolute atomic E-state index is 13.3. The number of aryl methyl sites for hydroxylation is 1. The first-order valence-corrected chi connectivity index (χ1v) is 13.3. The quantitative estimate of drug-likeness (QED) is 0.698. The van der Waals surface area contributed by atoms with Gasteiger partial charge in [-0.1, -0.05) is 26.3 Å². The van der Waals surface area contributed by atoms with E-state index in [9.17, 15) is 13.2 Å². The molecular formula is C25H30N2O4S. The van der Waals surface area contributed by atoms with Crippen LogP contribution >= 0.6 is 0 Å². The van der Waals surface area contributed by atoms with Crippen LogP contribution in [0, 0.1) is 17.3 Å². The summed E-state index contributed by atoms with van der Waals surface area (Å²) in [5, 5.41) is 3.41. The van der Waals surface area contributed by atoms with Gasteiger partial charge in [0.15, 0.2) is 11.5 Å². The van der Waals surface area contributed by atoms with Crippen molar-refractivity contribution >= 4 is 22.3 Å². The topological polar surface area (TPSA) is 94.7 Å². The molecule has 0 radical (unpaired) electrons. The molecule has 1 saturated carbocycles. The van der Waals surface area contributed by atoms with Crippen molar-refractivity contribution < 1.29 is 17.4 Å². The van der Waals surface area contributed by atoms with Crippen LogP contribution in [-0.2, 0) is 21.5 Å². The van der Waals surface area contributed by atoms with E-state index in [0.29, 0.717) is 35.3 Å². The Labute approximate surface area is 189 Å². The van der Waals surface area contributed by atoms with E-state index in [-0.39, 0.29) is 11.5 Å². The highest BCUT2D eigenvalue weighted by molar-refractivity contribution is 7.86. The second kappa shape index (κ2) is 7.00. The molecule has 1 saturated heterocycles. The standard InChI is InChI=1S/C25H30N2O4S/c1-3-4-21-23(27-21)24(28)20-8-7-19-17-6-5-14-12-22-15(13-26-32(29,30)31-22)11-18(14)16(17)9-10-25(19,20)2/h8,11-13,16-17,19,21,23,27H,3-7,9-10H2,1-2H3. The van der Waals surface area contributed by atoms with Gasteiger partial charge in [0.2, 0.25) is 0 Å². The molecule has 7 heteroatoms. The molecule has 1 N–H and O–H groups in total. The summed E-state index contributed by atoms with van der Waals surface area (Å²) in [6, 6.07) is 4.41. The van der Waals surface area contributed by atoms with Gasteiger partial charge >= 0.3 is 10.3 Å². The van der Waals surface area contributed by atoms with Crippen LogP contribution in [0.4, 0.5) is 0 Å². The van der Waals surface area contributed by atoms with Crippen molar-refractivity contribution in [2.45, 2.75) is 76.8 Å². The molecule has 32 heavy (non-hydrogen) atoms. The zero-order chi connectivity index (χ0) is 22.3. The number of allylic oxidation sites excluding steroid dienone is 1. The minimum absolute atomic E-state index is 0.0242. The fourth-order valence-electron chi connectivity index (χ4n) is 7.16. The smallest absolute Gasteiger partial charge is 0.365 e. The van der Waals surface area contributed by atoms with Crippen molar-refractivity contribution in [2.75, 3.05) is 0 Å². The molecule has 6 rings (SSSR count). The molecule has 0 bridgehead atoms. The van der Waals surface area contributed by atoms with E-state index in [1.807, 2.05) is 6.07 Å². The molecule has 6 nitrogen and oxygen atoms in total. The number of carbonyl (C=O) groups is 1. The summed E-state index contributed by atoms with van der Waals surface area (Å²) in [4.78, 5) is 13.3. The Morgan fingerprint density at radius 1 is 1.31 bits per heavy atom. The zero-order valence-corrected chi connectivity index (χ0v) is 19.5. The first-order valence-electron chi connectivity index (χ1n) is 12.0. The van der Waals surface area contributed by atoms with E-state index in [2.05, 4.69) is 35.7 Å². The molecule has 0 spiro atoms. The van der Waals surface area contributed by atoms with Gasteiger partial charge in [-0.25, -0.2) is 0 Å². The van der Waals surface area contributed by atoms with E-state index >= 15 is 0 Å². The van der Waals surface area contributed by atoms with Crippen molar-refractivity contribution in [1.29, 1.82) is 0 Å². The van der Waals surface area contributed by atoms with E-state index in [4.69, 9.17) is 4.18 Å². The fourth-order valence-corrected chi connectivity index (χ4v) is 7.81. The van der Waals surface area contributed by atoms with Crippen LogP contribution in [0.1, 0.15) is 75.0 Å². The van der Waals surface area contributed by atoms with Crippen LogP contribution in [0.5, 0.6) is 5.75 Å². The molecule has 0 amide bonds. The normalized spacial score (nSPS) is 37.9. The third kappa shape index (κ3) is 3.04. The third-order valence-electron chi connectivity index (χ3n) is 8.79. The van der Waals surface area contributed by atoms with Crippen LogP contribution in [0.2, 0.25) is 0 Å². The van der Waals surface area contributed by atoms with Crippen LogP contribution in [-0.4, -0.2) is 32.5 Å². The number of hydrogen-bond donors (Lipinski definition) is 1. The molecule has 3 aliphatic carbocycles. The zero-order valence-electron chi connectivity index (χ0n) is 18.6. The van der Waals surface area contributed by atoms with Gasteiger partial charge in [-0.05, 0) is 90.5 Å². The maximum atomic E-state index is 13.3. The number of benzene rings is 1. The largest absolute Gasteiger partial charge is 0.428 e. The minimum Gasteiger partial charge on any atom is -0.365 e. The van der Waals surface area contributed by atoms with Gasteiger partial charge in [0.25, 0.3) is 0 Å². The lowest BCUT2D eigenvalue weighted by Crippen LogP contribution is -2.43. The number of fused-ring (bicyclic) bond motifs is 6. The molecule has 5 aliphatic rings. The summed E-state index contributed by atoms with van der Waals surface area (Å²) in [7, 11) is -3.86. The average molecular weight is 455 g/mol. The van der Waals surface area contributed by atoms with Crippen LogP contribution in [0.25, 0.3) is 0 Å². The Morgan fingerprint density at radius 3 is 2.97 bits per heavy atom. The predicted molar refractivity (Wildman–Crippen MR) is 122 cm³/mol. The second-order valence-electron chi connectivity index (χ2n) is 10.5. The average Bonchev–Trinajstić information content (AvgIpc) is 3.43. The van der Waals surface area contributed by atoms with Gasteiger partial charge in [0.05, 0.1) is 12.3 Å². The van der Waals surface area contributed by atoms with Gasteiger partial charge in [0, 0.05) is 11.6 Å². The second-order valence-corrected chi connectivity index (χ2v) is 11.7. The lowest BCUT2D eigenvalue weighted by Gasteiger charge is -2.50. The molecule has 6 atom stereocenters. The molecule has 1 aromatic carbocycles. The molecule has 2 heterocycles. The maximum Gasteiger partial charge on any atom is 0.428 e. The number of carbonyl (C=O) groups excluding carboxylic acids is 1. The summed E-state index contributed by atoms with van der Waals surface area (Å²) in [5.74, 6) is 2.23. The number of rotatable bonds is 4. The Balaban J connectivity index is 1.27. The number of hydrogen-bond acceptors (Lipinski definition) is 5. The highest BCUT2D eigenvalue weighted by Gasteiger charge is 2.55. The molecular weight excluding hydrogens is 424 g/mol. The van der Waals surface area contributed by atoms with Crippen LogP contribution in [0.3, 0.4) is 0 Å². The monoisotopic (exact) mass is 454 g/mol. The molecule has 0 aromatic heterocycles. The van der Waals surface area contributed by atoms with E-state index < -0.39 is 10.3 Å². The van der Waals surface area contributed by atoms with Crippen LogP contribution < -0.4 is 9.50 Å². The third-order valence-corrected chi connectivity index (χ3v) is 9.54. The van der Waals surface area contributed by atoms with Gasteiger partial charge in [-0.2, -0.15) is 8.42 Å². The fraction of sp³-hybridized carbons (Fsp3) is 0.600. The summed E-state index contributed by atoms with van der Waals surface area (Å²) >= 11 is 0. The van der Waals surface area contributed by atoms with E-state index in [0.717, 1.165) is 56.1 Å². The lowest BCUT2D eigenvalue weighted by molar-refractivity contribution is -0.116. The minimum atomic E-state index is -3.86. The van der Waals surface area contributed by atoms with Gasteiger partial charge < -0.3 is 9.50 Å². The van der Waals surface area contributed by atoms with Crippen molar-refractivity contribution in [3.05, 3.63) is 40.5 Å². The van der Waals surface area contributed by atoms with Crippen LogP contribution in [0.15, 0.2) is 28.2 Å². The Kier molecular flexibility index (Phi) is 4.51. The Bertz CT molecular complexity index is 1170. The Morgan fingerprint density at radius 2 is 2.16 bits per heavy atom. The van der Waals surface area contributed by atoms with Crippen molar-refractivity contribution in [1.82, 2.24) is 5.32 Å². The predicted octanol–water partition coefficient (Wildman–Crippen LogP) is 3.84. The van der Waals surface area contributed by atoms with Crippen molar-refractivity contribution in [3.63, 3.8) is 0 Å². The molecule has 6 unspecified atom stereocenters. The molecule has 1 aromatic rings. The van der Waals surface area contributed by atoms with E-state index in [1.54, 1.807) is 0 Å². The molecule has 2 aliphatic heterocycles. The Hall–Kier alpha value is -1.99. The first kappa shape index (κ1) is 20.6. The van der Waals surface area contributed by atoms with Gasteiger partial charge in [-0.15, -0.1) is 4.40 Å². The summed E-state index contributed by atoms with van der Waals surface area (Å²) in [6.45, 7) is 4.50.